The number of nitrogens with zero attached hydrogens (tertiary/aromatic N) is 5. The SMILES string of the molecule is N#Cc1ccc(Cn2cncc2Cc2ccc(-n3cc(Cl)ccc3=O)nc2)cc1. The standard InChI is InChI=1S/C22H16ClN5O/c23-19-6-8-22(29)28(14-19)21-7-5-18(11-26-21)9-20-12-25-15-27(20)13-17-3-1-16(10-24)2-4-17/h1-8,11-12,14-15H,9,13H2. The van der Waals surface area contributed by atoms with Gasteiger partial charge in [0.15, 0.2) is 0 Å². The molecule has 0 aliphatic carbocycles. The van der Waals surface area contributed by atoms with Crippen molar-refractivity contribution in [3.05, 3.63) is 111 Å². The summed E-state index contributed by atoms with van der Waals surface area (Å²) in [5.74, 6) is 0.521. The highest BCUT2D eigenvalue weighted by Crippen LogP contribution is 2.14. The van der Waals surface area contributed by atoms with Crippen molar-refractivity contribution in [2.45, 2.75) is 13.0 Å². The van der Waals surface area contributed by atoms with Crippen LogP contribution in [-0.2, 0) is 13.0 Å². The zero-order chi connectivity index (χ0) is 20.2. The zero-order valence-corrected chi connectivity index (χ0v) is 16.1. The molecule has 3 heterocycles. The summed E-state index contributed by atoms with van der Waals surface area (Å²) in [6.07, 6.45) is 7.59. The number of benzene rings is 1. The summed E-state index contributed by atoms with van der Waals surface area (Å²) in [4.78, 5) is 20.7. The first-order chi connectivity index (χ1) is 14.1. The molecule has 0 fully saturated rings. The van der Waals surface area contributed by atoms with Crippen LogP contribution in [0.15, 0.2) is 78.2 Å². The van der Waals surface area contributed by atoms with E-state index in [1.165, 1.54) is 10.6 Å². The Morgan fingerprint density at radius 1 is 1.00 bits per heavy atom. The summed E-state index contributed by atoms with van der Waals surface area (Å²) in [5.41, 5.74) is 3.60. The van der Waals surface area contributed by atoms with Gasteiger partial charge in [0, 0.05) is 43.3 Å². The number of aromatic nitrogens is 4. The molecule has 4 rings (SSSR count). The molecule has 6 nitrogen and oxygen atoms in total. The predicted molar refractivity (Wildman–Crippen MR) is 110 cm³/mol. The van der Waals surface area contributed by atoms with Gasteiger partial charge in [-0.3, -0.25) is 9.36 Å². The van der Waals surface area contributed by atoms with Gasteiger partial charge >= 0.3 is 0 Å². The molecule has 0 atom stereocenters. The fraction of sp³-hybridized carbons (Fsp3) is 0.0909. The Balaban J connectivity index is 1.51. The number of nitriles is 1. The van der Waals surface area contributed by atoms with E-state index in [9.17, 15) is 4.79 Å². The summed E-state index contributed by atoms with van der Waals surface area (Å²) < 4.78 is 3.48. The minimum Gasteiger partial charge on any atom is -0.330 e. The number of imidazole rings is 1. The van der Waals surface area contributed by atoms with Gasteiger partial charge in [-0.15, -0.1) is 0 Å². The maximum atomic E-state index is 12.0. The first-order valence-corrected chi connectivity index (χ1v) is 9.32. The Kier molecular flexibility index (Phi) is 5.23. The maximum absolute atomic E-state index is 12.0. The van der Waals surface area contributed by atoms with E-state index in [-0.39, 0.29) is 5.56 Å². The average Bonchev–Trinajstić information content (AvgIpc) is 3.17. The molecule has 1 aromatic carbocycles. The van der Waals surface area contributed by atoms with Crippen LogP contribution in [0, 0.1) is 11.3 Å². The molecular weight excluding hydrogens is 386 g/mol. The minimum atomic E-state index is -0.185. The largest absolute Gasteiger partial charge is 0.330 e. The summed E-state index contributed by atoms with van der Waals surface area (Å²) in [6, 6.07) is 16.4. The molecule has 0 saturated heterocycles. The monoisotopic (exact) mass is 401 g/mol. The number of hydrogen-bond donors (Lipinski definition) is 0. The first kappa shape index (κ1) is 18.7. The van der Waals surface area contributed by atoms with Gasteiger partial charge in [-0.2, -0.15) is 5.26 Å². The van der Waals surface area contributed by atoms with E-state index in [0.29, 0.717) is 29.4 Å². The second-order valence-electron chi connectivity index (χ2n) is 6.58. The molecule has 0 unspecified atom stereocenters. The molecule has 3 aromatic heterocycles. The van der Waals surface area contributed by atoms with Gasteiger partial charge in [0.2, 0.25) is 0 Å². The van der Waals surface area contributed by atoms with Crippen LogP contribution in [-0.4, -0.2) is 19.1 Å². The van der Waals surface area contributed by atoms with Gasteiger partial charge < -0.3 is 4.57 Å². The summed E-state index contributed by atoms with van der Waals surface area (Å²) >= 11 is 5.98. The van der Waals surface area contributed by atoms with Crippen molar-refractivity contribution in [2.75, 3.05) is 0 Å². The Hall–Kier alpha value is -3.69. The second kappa shape index (κ2) is 8.13. The summed E-state index contributed by atoms with van der Waals surface area (Å²) in [7, 11) is 0. The molecule has 0 N–H and O–H groups in total. The molecule has 0 aliphatic heterocycles. The molecule has 0 spiro atoms. The Bertz CT molecular complexity index is 1230. The quantitative estimate of drug-likeness (QED) is 0.512. The van der Waals surface area contributed by atoms with Gasteiger partial charge in [-0.25, -0.2) is 9.97 Å². The van der Waals surface area contributed by atoms with Crippen LogP contribution in [0.25, 0.3) is 5.82 Å². The van der Waals surface area contributed by atoms with Crippen molar-refractivity contribution in [2.24, 2.45) is 0 Å². The van der Waals surface area contributed by atoms with E-state index in [2.05, 4.69) is 20.6 Å². The molecule has 0 bridgehead atoms. The number of pyridine rings is 2. The van der Waals surface area contributed by atoms with Crippen LogP contribution >= 0.6 is 11.6 Å². The lowest BCUT2D eigenvalue weighted by Crippen LogP contribution is -2.17. The first-order valence-electron chi connectivity index (χ1n) is 8.94. The highest BCUT2D eigenvalue weighted by Gasteiger charge is 2.07. The van der Waals surface area contributed by atoms with Crippen LogP contribution in [0.3, 0.4) is 0 Å². The summed E-state index contributed by atoms with van der Waals surface area (Å²) in [5, 5.41) is 9.39. The lowest BCUT2D eigenvalue weighted by atomic mass is 10.1. The molecule has 142 valence electrons. The third-order valence-corrected chi connectivity index (χ3v) is 4.77. The third-order valence-electron chi connectivity index (χ3n) is 4.55. The Morgan fingerprint density at radius 3 is 2.52 bits per heavy atom. The average molecular weight is 402 g/mol. The van der Waals surface area contributed by atoms with Crippen molar-refractivity contribution in [3.8, 4) is 11.9 Å². The minimum absolute atomic E-state index is 0.185. The van der Waals surface area contributed by atoms with Gasteiger partial charge in [-0.05, 0) is 35.4 Å². The predicted octanol–water partition coefficient (Wildman–Crippen LogP) is 3.59. The Morgan fingerprint density at radius 2 is 1.79 bits per heavy atom. The molecule has 29 heavy (non-hydrogen) atoms. The number of rotatable bonds is 5. The van der Waals surface area contributed by atoms with Crippen molar-refractivity contribution in [3.63, 3.8) is 0 Å². The number of hydrogen-bond acceptors (Lipinski definition) is 4. The summed E-state index contributed by atoms with van der Waals surface area (Å²) in [6.45, 7) is 0.671. The fourth-order valence-electron chi connectivity index (χ4n) is 3.03. The molecule has 0 aliphatic rings. The van der Waals surface area contributed by atoms with E-state index in [0.717, 1.165) is 16.8 Å². The smallest absolute Gasteiger partial charge is 0.256 e. The van der Waals surface area contributed by atoms with Crippen LogP contribution in [0.1, 0.15) is 22.4 Å². The molecule has 0 amide bonds. The van der Waals surface area contributed by atoms with E-state index in [4.69, 9.17) is 16.9 Å². The van der Waals surface area contributed by atoms with Crippen LogP contribution in [0.4, 0.5) is 0 Å². The second-order valence-corrected chi connectivity index (χ2v) is 7.02. The molecule has 0 radical (unpaired) electrons. The van der Waals surface area contributed by atoms with Crippen molar-refractivity contribution in [1.82, 2.24) is 19.1 Å². The van der Waals surface area contributed by atoms with Crippen LogP contribution in [0.2, 0.25) is 5.02 Å². The molecule has 4 aromatic rings. The lowest BCUT2D eigenvalue weighted by molar-refractivity contribution is 0.752. The van der Waals surface area contributed by atoms with E-state index >= 15 is 0 Å². The van der Waals surface area contributed by atoms with Crippen LogP contribution in [0.5, 0.6) is 0 Å². The van der Waals surface area contributed by atoms with Gasteiger partial charge in [0.05, 0.1) is 23.0 Å². The fourth-order valence-corrected chi connectivity index (χ4v) is 3.19. The van der Waals surface area contributed by atoms with Crippen molar-refractivity contribution < 1.29 is 0 Å². The van der Waals surface area contributed by atoms with Crippen molar-refractivity contribution >= 4 is 11.6 Å². The van der Waals surface area contributed by atoms with Crippen molar-refractivity contribution in [1.29, 1.82) is 5.26 Å². The number of halogens is 1. The van der Waals surface area contributed by atoms with Crippen LogP contribution < -0.4 is 5.56 Å². The van der Waals surface area contributed by atoms with E-state index in [1.54, 1.807) is 30.9 Å². The highest BCUT2D eigenvalue weighted by molar-refractivity contribution is 6.30. The van der Waals surface area contributed by atoms with E-state index in [1.807, 2.05) is 36.5 Å². The maximum Gasteiger partial charge on any atom is 0.256 e. The zero-order valence-electron chi connectivity index (χ0n) is 15.4. The third kappa shape index (κ3) is 4.26. The molecule has 7 heteroatoms. The van der Waals surface area contributed by atoms with E-state index < -0.39 is 0 Å². The lowest BCUT2D eigenvalue weighted by Gasteiger charge is -2.09. The van der Waals surface area contributed by atoms with Gasteiger partial charge in [0.1, 0.15) is 5.82 Å². The molecular formula is C22H16ClN5O. The Labute approximate surface area is 172 Å². The molecule has 0 saturated carbocycles. The van der Waals surface area contributed by atoms with Gasteiger partial charge in [-0.1, -0.05) is 29.8 Å². The normalized spacial score (nSPS) is 10.6. The topological polar surface area (TPSA) is 76.5 Å². The highest BCUT2D eigenvalue weighted by atomic mass is 35.5. The van der Waals surface area contributed by atoms with Gasteiger partial charge in [0.25, 0.3) is 5.56 Å².